The van der Waals surface area contributed by atoms with Crippen molar-refractivity contribution in [3.8, 4) is 0 Å². The van der Waals surface area contributed by atoms with E-state index in [4.69, 9.17) is 4.42 Å². The second-order valence-corrected chi connectivity index (χ2v) is 4.72. The topological polar surface area (TPSA) is 25.2 Å². The van der Waals surface area contributed by atoms with Crippen LogP contribution in [0.4, 0.5) is 0 Å². The van der Waals surface area contributed by atoms with Crippen LogP contribution in [0.25, 0.3) is 0 Å². The molecule has 0 spiro atoms. The fourth-order valence-corrected chi connectivity index (χ4v) is 1.99. The van der Waals surface area contributed by atoms with Crippen LogP contribution in [0.5, 0.6) is 0 Å². The van der Waals surface area contributed by atoms with Crippen LogP contribution in [0, 0.1) is 6.92 Å². The first-order valence-corrected chi connectivity index (χ1v) is 6.56. The molecule has 1 unspecified atom stereocenters. The first-order chi connectivity index (χ1) is 8.70. The quantitative estimate of drug-likeness (QED) is 0.858. The third kappa shape index (κ3) is 3.02. The maximum atomic E-state index is 5.42. The summed E-state index contributed by atoms with van der Waals surface area (Å²) >= 11 is 0. The molecule has 0 saturated carbocycles. The molecule has 1 heterocycles. The zero-order chi connectivity index (χ0) is 13.0. The molecular formula is C16H21NO. The first kappa shape index (κ1) is 12.9. The third-order valence-electron chi connectivity index (χ3n) is 3.42. The van der Waals surface area contributed by atoms with E-state index in [0.717, 1.165) is 18.7 Å². The summed E-state index contributed by atoms with van der Waals surface area (Å²) < 4.78 is 5.42. The Labute approximate surface area is 109 Å². The minimum absolute atomic E-state index is 0.334. The highest BCUT2D eigenvalue weighted by molar-refractivity contribution is 5.25. The van der Waals surface area contributed by atoms with E-state index < -0.39 is 0 Å². The maximum Gasteiger partial charge on any atom is 0.120 e. The standard InChI is InChI=1S/C16H21NO/c1-4-14-5-7-15(8-6-14)13(3)17-11-16-12(2)9-10-18-16/h5-10,13,17H,4,11H2,1-3H3. The average Bonchev–Trinajstić information content (AvgIpc) is 2.81. The molecule has 0 radical (unpaired) electrons. The summed E-state index contributed by atoms with van der Waals surface area (Å²) in [6.07, 6.45) is 2.83. The SMILES string of the molecule is CCc1ccc(C(C)NCc2occc2C)cc1. The summed E-state index contributed by atoms with van der Waals surface area (Å²) in [6, 6.07) is 11.1. The third-order valence-corrected chi connectivity index (χ3v) is 3.42. The molecule has 1 atom stereocenters. The van der Waals surface area contributed by atoms with Gasteiger partial charge in [0.25, 0.3) is 0 Å². The van der Waals surface area contributed by atoms with Gasteiger partial charge in [-0.05, 0) is 43.0 Å². The lowest BCUT2D eigenvalue weighted by molar-refractivity contribution is 0.458. The van der Waals surface area contributed by atoms with E-state index in [-0.39, 0.29) is 0 Å². The van der Waals surface area contributed by atoms with Crippen molar-refractivity contribution in [2.24, 2.45) is 0 Å². The van der Waals surface area contributed by atoms with Crippen molar-refractivity contribution in [3.63, 3.8) is 0 Å². The largest absolute Gasteiger partial charge is 0.468 e. The number of nitrogens with one attached hydrogen (secondary N) is 1. The van der Waals surface area contributed by atoms with Crippen LogP contribution in [0.1, 0.15) is 42.3 Å². The van der Waals surface area contributed by atoms with E-state index in [1.807, 2.05) is 6.07 Å². The van der Waals surface area contributed by atoms with E-state index in [0.29, 0.717) is 6.04 Å². The lowest BCUT2D eigenvalue weighted by Gasteiger charge is -2.14. The Bertz CT molecular complexity index is 484. The molecule has 96 valence electrons. The molecule has 0 fully saturated rings. The predicted octanol–water partition coefficient (Wildman–Crippen LogP) is 4.00. The van der Waals surface area contributed by atoms with Gasteiger partial charge in [0.2, 0.25) is 0 Å². The fraction of sp³-hybridized carbons (Fsp3) is 0.375. The van der Waals surface area contributed by atoms with Crippen LogP contribution in [-0.4, -0.2) is 0 Å². The highest BCUT2D eigenvalue weighted by Gasteiger charge is 2.07. The molecule has 2 heteroatoms. The number of benzene rings is 1. The molecule has 1 N–H and O–H groups in total. The van der Waals surface area contributed by atoms with Crippen molar-refractivity contribution in [2.45, 2.75) is 39.8 Å². The van der Waals surface area contributed by atoms with Crippen LogP contribution in [0.3, 0.4) is 0 Å². The molecule has 0 saturated heterocycles. The molecule has 0 amide bonds. The molecule has 2 rings (SSSR count). The second-order valence-electron chi connectivity index (χ2n) is 4.72. The summed E-state index contributed by atoms with van der Waals surface area (Å²) in [5.41, 5.74) is 3.90. The highest BCUT2D eigenvalue weighted by atomic mass is 16.3. The Balaban J connectivity index is 1.94. The van der Waals surface area contributed by atoms with Gasteiger partial charge in [0.15, 0.2) is 0 Å². The smallest absolute Gasteiger partial charge is 0.120 e. The normalized spacial score (nSPS) is 12.6. The number of hydrogen-bond acceptors (Lipinski definition) is 2. The number of aryl methyl sites for hydroxylation is 2. The second kappa shape index (κ2) is 5.87. The molecule has 0 aliphatic carbocycles. The number of furan rings is 1. The van der Waals surface area contributed by atoms with Crippen molar-refractivity contribution in [1.82, 2.24) is 5.32 Å². The van der Waals surface area contributed by atoms with E-state index in [1.165, 1.54) is 16.7 Å². The van der Waals surface area contributed by atoms with Crippen LogP contribution in [-0.2, 0) is 13.0 Å². The van der Waals surface area contributed by atoms with Gasteiger partial charge in [0, 0.05) is 6.04 Å². The van der Waals surface area contributed by atoms with Gasteiger partial charge in [0.05, 0.1) is 12.8 Å². The predicted molar refractivity (Wildman–Crippen MR) is 74.5 cm³/mol. The zero-order valence-electron chi connectivity index (χ0n) is 11.4. The van der Waals surface area contributed by atoms with Gasteiger partial charge in [-0.1, -0.05) is 31.2 Å². The van der Waals surface area contributed by atoms with Gasteiger partial charge >= 0.3 is 0 Å². The summed E-state index contributed by atoms with van der Waals surface area (Å²) in [5.74, 6) is 1.02. The van der Waals surface area contributed by atoms with Gasteiger partial charge in [-0.15, -0.1) is 0 Å². The molecule has 0 aliphatic rings. The van der Waals surface area contributed by atoms with Crippen molar-refractivity contribution >= 4 is 0 Å². The monoisotopic (exact) mass is 243 g/mol. The van der Waals surface area contributed by atoms with Gasteiger partial charge in [-0.2, -0.15) is 0 Å². The molecule has 1 aromatic heterocycles. The zero-order valence-corrected chi connectivity index (χ0v) is 11.4. The fourth-order valence-electron chi connectivity index (χ4n) is 1.99. The minimum atomic E-state index is 0.334. The minimum Gasteiger partial charge on any atom is -0.468 e. The van der Waals surface area contributed by atoms with Crippen molar-refractivity contribution in [1.29, 1.82) is 0 Å². The number of hydrogen-bond donors (Lipinski definition) is 1. The van der Waals surface area contributed by atoms with Gasteiger partial charge in [-0.25, -0.2) is 0 Å². The van der Waals surface area contributed by atoms with E-state index >= 15 is 0 Å². The van der Waals surface area contributed by atoms with Crippen molar-refractivity contribution < 1.29 is 4.42 Å². The first-order valence-electron chi connectivity index (χ1n) is 6.56. The Morgan fingerprint density at radius 2 is 1.89 bits per heavy atom. The Morgan fingerprint density at radius 3 is 2.44 bits per heavy atom. The van der Waals surface area contributed by atoms with Crippen LogP contribution in [0.2, 0.25) is 0 Å². The molecular weight excluding hydrogens is 222 g/mol. The molecule has 2 aromatic rings. The van der Waals surface area contributed by atoms with Gasteiger partial charge in [0.1, 0.15) is 5.76 Å². The van der Waals surface area contributed by atoms with Crippen molar-refractivity contribution in [3.05, 3.63) is 59.0 Å². The molecule has 2 nitrogen and oxygen atoms in total. The average molecular weight is 243 g/mol. The molecule has 1 aromatic carbocycles. The molecule has 18 heavy (non-hydrogen) atoms. The van der Waals surface area contributed by atoms with Crippen LogP contribution < -0.4 is 5.32 Å². The van der Waals surface area contributed by atoms with Crippen LogP contribution >= 0.6 is 0 Å². The Morgan fingerprint density at radius 1 is 1.17 bits per heavy atom. The highest BCUT2D eigenvalue weighted by Crippen LogP contribution is 2.15. The summed E-state index contributed by atoms with van der Waals surface area (Å²) in [4.78, 5) is 0. The van der Waals surface area contributed by atoms with Gasteiger partial charge in [-0.3, -0.25) is 0 Å². The lowest BCUT2D eigenvalue weighted by atomic mass is 10.0. The summed E-state index contributed by atoms with van der Waals surface area (Å²) in [5, 5.41) is 3.49. The number of rotatable bonds is 5. The van der Waals surface area contributed by atoms with Crippen LogP contribution in [0.15, 0.2) is 41.0 Å². The Kier molecular flexibility index (Phi) is 4.21. The van der Waals surface area contributed by atoms with E-state index in [2.05, 4.69) is 50.4 Å². The van der Waals surface area contributed by atoms with E-state index in [9.17, 15) is 0 Å². The van der Waals surface area contributed by atoms with Gasteiger partial charge < -0.3 is 9.73 Å². The van der Waals surface area contributed by atoms with E-state index in [1.54, 1.807) is 6.26 Å². The Hall–Kier alpha value is -1.54. The summed E-state index contributed by atoms with van der Waals surface area (Å²) in [7, 11) is 0. The van der Waals surface area contributed by atoms with Crippen molar-refractivity contribution in [2.75, 3.05) is 0 Å². The maximum absolute atomic E-state index is 5.42. The molecule has 0 aliphatic heterocycles. The molecule has 0 bridgehead atoms. The lowest BCUT2D eigenvalue weighted by Crippen LogP contribution is -2.18. The summed E-state index contributed by atoms with van der Waals surface area (Å²) in [6.45, 7) is 7.20.